The fourth-order valence-corrected chi connectivity index (χ4v) is 5.29. The van der Waals surface area contributed by atoms with E-state index < -0.39 is 5.97 Å². The van der Waals surface area contributed by atoms with Crippen molar-refractivity contribution in [1.82, 2.24) is 15.0 Å². The van der Waals surface area contributed by atoms with Crippen molar-refractivity contribution < 1.29 is 19.0 Å². The normalized spacial score (nSPS) is 14.4. The van der Waals surface area contributed by atoms with E-state index in [1.54, 1.807) is 24.5 Å². The molecule has 1 saturated heterocycles. The molecule has 0 radical (unpaired) electrons. The van der Waals surface area contributed by atoms with E-state index in [0.29, 0.717) is 41.5 Å². The zero-order valence-corrected chi connectivity index (χ0v) is 24.2. The standard InChI is InChI=1S/C33H36FN5O3/c1-22-28(18-29(40)41)31(39-15-13-33(2,3)14-16-39)30(32(37-22)38-26-19-35-21-36-20-26)24-6-10-27(11-7-24)42-17-12-23-4-8-25(34)9-5-23/h4-11,19-21H,12-18H2,1-3H3,(H,37,38)(H,40,41). The average Bonchev–Trinajstić information content (AvgIpc) is 2.96. The maximum absolute atomic E-state index is 13.2. The van der Waals surface area contributed by atoms with Crippen LogP contribution in [0.15, 0.2) is 67.3 Å². The Bertz CT molecular complexity index is 1520. The summed E-state index contributed by atoms with van der Waals surface area (Å²) in [5, 5.41) is 13.3. The lowest BCUT2D eigenvalue weighted by molar-refractivity contribution is -0.136. The predicted octanol–water partition coefficient (Wildman–Crippen LogP) is 6.60. The Morgan fingerprint density at radius 3 is 2.36 bits per heavy atom. The van der Waals surface area contributed by atoms with Gasteiger partial charge in [-0.25, -0.2) is 19.3 Å². The highest BCUT2D eigenvalue weighted by molar-refractivity contribution is 5.92. The van der Waals surface area contributed by atoms with Crippen molar-refractivity contribution >= 4 is 23.2 Å². The maximum Gasteiger partial charge on any atom is 0.307 e. The third-order valence-electron chi connectivity index (χ3n) is 7.78. The molecule has 0 unspecified atom stereocenters. The van der Waals surface area contributed by atoms with Crippen molar-refractivity contribution in [2.45, 2.75) is 46.5 Å². The Labute approximate surface area is 245 Å². The van der Waals surface area contributed by atoms with Crippen molar-refractivity contribution in [3.05, 3.63) is 89.9 Å². The molecule has 0 aliphatic carbocycles. The molecular weight excluding hydrogens is 533 g/mol. The molecule has 0 saturated carbocycles. The zero-order chi connectivity index (χ0) is 29.7. The molecule has 0 atom stereocenters. The van der Waals surface area contributed by atoms with Gasteiger partial charge in [0, 0.05) is 36.3 Å². The minimum Gasteiger partial charge on any atom is -0.493 e. The maximum atomic E-state index is 13.2. The largest absolute Gasteiger partial charge is 0.493 e. The van der Waals surface area contributed by atoms with Gasteiger partial charge in [-0.15, -0.1) is 0 Å². The van der Waals surface area contributed by atoms with Gasteiger partial charge in [-0.1, -0.05) is 38.1 Å². The number of hydrogen-bond acceptors (Lipinski definition) is 7. The summed E-state index contributed by atoms with van der Waals surface area (Å²) >= 11 is 0. The molecule has 4 aromatic rings. The van der Waals surface area contributed by atoms with Gasteiger partial charge in [-0.05, 0) is 60.6 Å². The first kappa shape index (κ1) is 29.0. The fraction of sp³-hybridized carbons (Fsp3) is 0.333. The molecule has 0 bridgehead atoms. The molecule has 42 heavy (non-hydrogen) atoms. The van der Waals surface area contributed by atoms with E-state index in [2.05, 4.69) is 34.0 Å². The van der Waals surface area contributed by atoms with Crippen LogP contribution < -0.4 is 15.0 Å². The van der Waals surface area contributed by atoms with Crippen LogP contribution >= 0.6 is 0 Å². The molecule has 218 valence electrons. The number of hydrogen-bond donors (Lipinski definition) is 2. The number of aliphatic carboxylic acids is 1. The van der Waals surface area contributed by atoms with Crippen LogP contribution in [-0.2, 0) is 17.6 Å². The van der Waals surface area contributed by atoms with Gasteiger partial charge >= 0.3 is 5.97 Å². The Hall–Kier alpha value is -4.53. The molecule has 0 spiro atoms. The van der Waals surface area contributed by atoms with Crippen LogP contribution in [0.25, 0.3) is 11.1 Å². The number of carboxylic acids is 1. The monoisotopic (exact) mass is 569 g/mol. The predicted molar refractivity (Wildman–Crippen MR) is 162 cm³/mol. The molecule has 0 amide bonds. The van der Waals surface area contributed by atoms with E-state index in [1.807, 2.05) is 31.2 Å². The number of pyridine rings is 1. The lowest BCUT2D eigenvalue weighted by Gasteiger charge is -2.40. The quantitative estimate of drug-likeness (QED) is 0.220. The first-order valence-electron chi connectivity index (χ1n) is 14.2. The van der Waals surface area contributed by atoms with Crippen molar-refractivity contribution in [2.75, 3.05) is 29.9 Å². The highest BCUT2D eigenvalue weighted by atomic mass is 19.1. The molecule has 1 fully saturated rings. The molecule has 9 heteroatoms. The van der Waals surface area contributed by atoms with E-state index in [0.717, 1.165) is 48.3 Å². The van der Waals surface area contributed by atoms with Crippen LogP contribution in [0.1, 0.15) is 43.5 Å². The molecule has 2 aromatic carbocycles. The molecule has 2 N–H and O–H groups in total. The van der Waals surface area contributed by atoms with Gasteiger partial charge in [0.15, 0.2) is 0 Å². The van der Waals surface area contributed by atoms with Crippen molar-refractivity contribution in [1.29, 1.82) is 0 Å². The van der Waals surface area contributed by atoms with Gasteiger partial charge in [-0.3, -0.25) is 4.79 Å². The Morgan fingerprint density at radius 1 is 1.05 bits per heavy atom. The van der Waals surface area contributed by atoms with E-state index in [1.165, 1.54) is 18.5 Å². The summed E-state index contributed by atoms with van der Waals surface area (Å²) in [5.41, 5.74) is 5.90. The Kier molecular flexibility index (Phi) is 8.66. The second-order valence-electron chi connectivity index (χ2n) is 11.5. The molecule has 1 aliphatic rings. The number of aromatic nitrogens is 3. The van der Waals surface area contributed by atoms with Crippen molar-refractivity contribution in [3.63, 3.8) is 0 Å². The second kappa shape index (κ2) is 12.5. The van der Waals surface area contributed by atoms with E-state index in [-0.39, 0.29) is 17.7 Å². The summed E-state index contributed by atoms with van der Waals surface area (Å²) in [6.07, 6.45) is 7.36. The minimum absolute atomic E-state index is 0.125. The van der Waals surface area contributed by atoms with Gasteiger partial charge < -0.3 is 20.1 Å². The van der Waals surface area contributed by atoms with Crippen LogP contribution in [0, 0.1) is 18.2 Å². The number of rotatable bonds is 10. The lowest BCUT2D eigenvalue weighted by atomic mass is 9.82. The number of carbonyl (C=O) groups is 1. The molecule has 2 aromatic heterocycles. The summed E-state index contributed by atoms with van der Waals surface area (Å²) in [4.78, 5) is 27.5. The number of aryl methyl sites for hydroxylation is 1. The van der Waals surface area contributed by atoms with Crippen molar-refractivity contribution in [2.24, 2.45) is 5.41 Å². The average molecular weight is 570 g/mol. The zero-order valence-electron chi connectivity index (χ0n) is 24.2. The van der Waals surface area contributed by atoms with Gasteiger partial charge in [-0.2, -0.15) is 0 Å². The summed E-state index contributed by atoms with van der Waals surface area (Å²) in [6, 6.07) is 14.2. The van der Waals surface area contributed by atoms with E-state index >= 15 is 0 Å². The number of benzene rings is 2. The Morgan fingerprint density at radius 2 is 1.71 bits per heavy atom. The summed E-state index contributed by atoms with van der Waals surface area (Å²) in [6.45, 7) is 8.50. The summed E-state index contributed by atoms with van der Waals surface area (Å²) in [7, 11) is 0. The molecule has 8 nitrogen and oxygen atoms in total. The third-order valence-corrected chi connectivity index (χ3v) is 7.78. The first-order valence-corrected chi connectivity index (χ1v) is 14.2. The van der Waals surface area contributed by atoms with Crippen LogP contribution in [0.4, 0.5) is 21.6 Å². The second-order valence-corrected chi connectivity index (χ2v) is 11.5. The molecule has 3 heterocycles. The third kappa shape index (κ3) is 7.02. The van der Waals surface area contributed by atoms with Gasteiger partial charge in [0.05, 0.1) is 36.8 Å². The molecule has 1 aliphatic heterocycles. The van der Waals surface area contributed by atoms with Gasteiger partial charge in [0.1, 0.15) is 23.7 Å². The number of nitrogens with one attached hydrogen (secondary N) is 1. The summed E-state index contributed by atoms with van der Waals surface area (Å²) in [5.74, 6) is 0.167. The number of nitrogens with zero attached hydrogens (tertiary/aromatic N) is 4. The minimum atomic E-state index is -0.897. The molecular formula is C33H36FN5O3. The highest BCUT2D eigenvalue weighted by Gasteiger charge is 2.31. The fourth-order valence-electron chi connectivity index (χ4n) is 5.29. The van der Waals surface area contributed by atoms with E-state index in [4.69, 9.17) is 9.72 Å². The number of halogens is 1. The Balaban J connectivity index is 1.52. The number of ether oxygens (including phenoxy) is 1. The smallest absolute Gasteiger partial charge is 0.307 e. The summed E-state index contributed by atoms with van der Waals surface area (Å²) < 4.78 is 19.2. The first-order chi connectivity index (χ1) is 20.2. The van der Waals surface area contributed by atoms with E-state index in [9.17, 15) is 14.3 Å². The highest BCUT2D eigenvalue weighted by Crippen LogP contribution is 2.44. The number of carboxylic acid groups (broad SMARTS) is 1. The van der Waals surface area contributed by atoms with Crippen LogP contribution in [0.3, 0.4) is 0 Å². The van der Waals surface area contributed by atoms with Crippen LogP contribution in [0.5, 0.6) is 5.75 Å². The topological polar surface area (TPSA) is 100 Å². The van der Waals surface area contributed by atoms with Crippen LogP contribution in [0.2, 0.25) is 0 Å². The van der Waals surface area contributed by atoms with Crippen LogP contribution in [-0.4, -0.2) is 45.7 Å². The SMILES string of the molecule is Cc1nc(Nc2cncnc2)c(-c2ccc(OCCc3ccc(F)cc3)cc2)c(N2CCC(C)(C)CC2)c1CC(=O)O. The van der Waals surface area contributed by atoms with Gasteiger partial charge in [0.2, 0.25) is 0 Å². The number of piperidine rings is 1. The number of anilines is 3. The lowest BCUT2D eigenvalue weighted by Crippen LogP contribution is -2.38. The molecule has 5 rings (SSSR count). The van der Waals surface area contributed by atoms with Crippen molar-refractivity contribution in [3.8, 4) is 16.9 Å². The van der Waals surface area contributed by atoms with Gasteiger partial charge in [0.25, 0.3) is 0 Å².